The van der Waals surface area contributed by atoms with Gasteiger partial charge in [0.15, 0.2) is 11.3 Å². The van der Waals surface area contributed by atoms with E-state index < -0.39 is 5.91 Å². The average Bonchev–Trinajstić information content (AvgIpc) is 3.46. The van der Waals surface area contributed by atoms with Gasteiger partial charge in [0.1, 0.15) is 23.0 Å². The maximum Gasteiger partial charge on any atom is 0.298 e. The number of hydrogen-bond donors (Lipinski definition) is 2. The number of ether oxygens (including phenoxy) is 1. The van der Waals surface area contributed by atoms with Crippen molar-refractivity contribution in [3.05, 3.63) is 71.8 Å². The molecule has 36 heavy (non-hydrogen) atoms. The quantitative estimate of drug-likeness (QED) is 0.415. The molecule has 0 unspecified atom stereocenters. The lowest BCUT2D eigenvalue weighted by Gasteiger charge is -2.30. The first-order chi connectivity index (χ1) is 17.4. The van der Waals surface area contributed by atoms with Crippen LogP contribution in [0.4, 0.5) is 4.39 Å². The number of halogens is 1. The fraction of sp³-hybridized carbons (Fsp3) is 0.222. The molecule has 2 aromatic heterocycles. The molecule has 9 heteroatoms. The first-order valence-corrected chi connectivity index (χ1v) is 11.6. The highest BCUT2D eigenvalue weighted by molar-refractivity contribution is 5.98. The van der Waals surface area contributed by atoms with Gasteiger partial charge in [-0.3, -0.25) is 14.7 Å². The lowest BCUT2D eigenvalue weighted by molar-refractivity contribution is -0.126. The third-order valence-electron chi connectivity index (χ3n) is 6.35. The molecular formula is C27H24FN5O3. The molecule has 4 aromatic rings. The SMILES string of the molecule is CC#CC(=O)N1CCC(c2c[nH]n3c(C(N)=O)c(-c4ccc(Oc5ccc(F)cc5)cc4)nc23)CC1. The van der Waals surface area contributed by atoms with Gasteiger partial charge in [-0.15, -0.1) is 0 Å². The summed E-state index contributed by atoms with van der Waals surface area (Å²) in [6.07, 6.45) is 3.40. The number of hydrogen-bond acceptors (Lipinski definition) is 4. The number of primary amides is 1. The summed E-state index contributed by atoms with van der Waals surface area (Å²) < 4.78 is 20.5. The summed E-state index contributed by atoms with van der Waals surface area (Å²) in [5, 5.41) is 3.12. The topological polar surface area (TPSA) is 106 Å². The number of benzene rings is 2. The number of rotatable bonds is 5. The average molecular weight is 486 g/mol. The number of fused-ring (bicyclic) bond motifs is 1. The Bertz CT molecular complexity index is 1480. The summed E-state index contributed by atoms with van der Waals surface area (Å²) in [5.41, 5.74) is 8.80. The van der Waals surface area contributed by atoms with E-state index in [1.54, 1.807) is 52.7 Å². The van der Waals surface area contributed by atoms with Gasteiger partial charge >= 0.3 is 0 Å². The Morgan fingerprint density at radius 2 is 1.72 bits per heavy atom. The van der Waals surface area contributed by atoms with Crippen molar-refractivity contribution >= 4 is 17.5 Å². The Balaban J connectivity index is 1.41. The second kappa shape index (κ2) is 9.58. The summed E-state index contributed by atoms with van der Waals surface area (Å²) in [5.74, 6) is 5.41. The van der Waals surface area contributed by atoms with Crippen LogP contribution in [0.2, 0.25) is 0 Å². The number of imidazole rings is 1. The van der Waals surface area contributed by atoms with Crippen molar-refractivity contribution < 1.29 is 18.7 Å². The van der Waals surface area contributed by atoms with Crippen molar-refractivity contribution in [2.24, 2.45) is 5.73 Å². The van der Waals surface area contributed by atoms with Crippen LogP contribution in [0, 0.1) is 17.7 Å². The number of aromatic amines is 1. The van der Waals surface area contributed by atoms with E-state index in [9.17, 15) is 14.0 Å². The summed E-state index contributed by atoms with van der Waals surface area (Å²) >= 11 is 0. The predicted molar refractivity (Wildman–Crippen MR) is 132 cm³/mol. The normalized spacial score (nSPS) is 13.9. The van der Waals surface area contributed by atoms with Crippen molar-refractivity contribution in [1.82, 2.24) is 19.5 Å². The highest BCUT2D eigenvalue weighted by atomic mass is 19.1. The number of carbonyl (C=O) groups excluding carboxylic acids is 2. The van der Waals surface area contributed by atoms with Gasteiger partial charge in [-0.25, -0.2) is 13.9 Å². The summed E-state index contributed by atoms with van der Waals surface area (Å²) in [6.45, 7) is 2.88. The van der Waals surface area contributed by atoms with Crippen molar-refractivity contribution in [3.63, 3.8) is 0 Å². The van der Waals surface area contributed by atoms with Gasteiger partial charge in [0, 0.05) is 30.4 Å². The molecule has 0 radical (unpaired) electrons. The largest absolute Gasteiger partial charge is 0.457 e. The van der Waals surface area contributed by atoms with Gasteiger partial charge < -0.3 is 15.4 Å². The zero-order valence-corrected chi connectivity index (χ0v) is 19.6. The van der Waals surface area contributed by atoms with Gasteiger partial charge in [0.25, 0.3) is 11.8 Å². The number of nitrogens with zero attached hydrogens (tertiary/aromatic N) is 3. The van der Waals surface area contributed by atoms with E-state index in [0.717, 1.165) is 18.4 Å². The molecule has 3 heterocycles. The molecule has 0 aliphatic carbocycles. The van der Waals surface area contributed by atoms with Crippen LogP contribution in [-0.4, -0.2) is 44.4 Å². The molecule has 0 atom stereocenters. The van der Waals surface area contributed by atoms with Crippen LogP contribution < -0.4 is 10.5 Å². The molecule has 3 N–H and O–H groups in total. The summed E-state index contributed by atoms with van der Waals surface area (Å²) in [4.78, 5) is 31.0. The molecule has 1 aliphatic heterocycles. The Hall–Kier alpha value is -4.58. The molecule has 0 bridgehead atoms. The van der Waals surface area contributed by atoms with Crippen LogP contribution in [0.15, 0.2) is 54.7 Å². The highest BCUT2D eigenvalue weighted by Crippen LogP contribution is 2.34. The molecular weight excluding hydrogens is 461 g/mol. The van der Waals surface area contributed by atoms with Crippen LogP contribution in [0.25, 0.3) is 16.9 Å². The minimum Gasteiger partial charge on any atom is -0.457 e. The minimum absolute atomic E-state index is 0.152. The first-order valence-electron chi connectivity index (χ1n) is 11.6. The lowest BCUT2D eigenvalue weighted by Crippen LogP contribution is -2.37. The summed E-state index contributed by atoms with van der Waals surface area (Å²) in [6, 6.07) is 12.9. The van der Waals surface area contributed by atoms with Crippen LogP contribution in [0.5, 0.6) is 11.5 Å². The Labute approximate surface area is 206 Å². The van der Waals surface area contributed by atoms with Crippen LogP contribution >= 0.6 is 0 Å². The Morgan fingerprint density at radius 1 is 1.08 bits per heavy atom. The number of piperidine rings is 1. The zero-order chi connectivity index (χ0) is 25.2. The van der Waals surface area contributed by atoms with E-state index in [4.69, 9.17) is 15.5 Å². The zero-order valence-electron chi connectivity index (χ0n) is 19.6. The lowest BCUT2D eigenvalue weighted by atomic mass is 9.91. The molecule has 2 amide bonds. The molecule has 0 saturated carbocycles. The second-order valence-electron chi connectivity index (χ2n) is 8.58. The van der Waals surface area contributed by atoms with Gasteiger partial charge in [-0.1, -0.05) is 5.92 Å². The van der Waals surface area contributed by atoms with Crippen molar-refractivity contribution in [1.29, 1.82) is 0 Å². The monoisotopic (exact) mass is 485 g/mol. The molecule has 5 rings (SSSR count). The number of nitrogens with two attached hydrogens (primary N) is 1. The number of carbonyl (C=O) groups is 2. The van der Waals surface area contributed by atoms with Crippen LogP contribution in [0.3, 0.4) is 0 Å². The minimum atomic E-state index is -0.601. The van der Waals surface area contributed by atoms with Gasteiger partial charge in [0.05, 0.1) is 0 Å². The molecule has 1 saturated heterocycles. The fourth-order valence-corrected chi connectivity index (χ4v) is 4.57. The molecule has 182 valence electrons. The second-order valence-corrected chi connectivity index (χ2v) is 8.58. The Kier molecular flexibility index (Phi) is 6.17. The van der Waals surface area contributed by atoms with Gasteiger partial charge in [-0.2, -0.15) is 0 Å². The van der Waals surface area contributed by atoms with Crippen LogP contribution in [-0.2, 0) is 4.79 Å². The van der Waals surface area contributed by atoms with Gasteiger partial charge in [0.2, 0.25) is 0 Å². The number of H-pyrrole nitrogens is 1. The standard InChI is InChI=1S/C27H24FN5O3/c1-2-3-23(34)32-14-12-17(13-15-32)22-16-30-33-25(26(29)35)24(31-27(22)33)18-4-8-20(9-5-18)36-21-10-6-19(28)7-11-21/h4-11,16-17,30H,12-15H2,1H3,(H2,29,35). The van der Waals surface area contributed by atoms with Crippen molar-refractivity contribution in [3.8, 4) is 34.6 Å². The number of amides is 2. The maximum atomic E-state index is 13.1. The van der Waals surface area contributed by atoms with Crippen LogP contribution in [0.1, 0.15) is 41.7 Å². The van der Waals surface area contributed by atoms with Crippen molar-refractivity contribution in [2.45, 2.75) is 25.7 Å². The fourth-order valence-electron chi connectivity index (χ4n) is 4.57. The molecule has 8 nitrogen and oxygen atoms in total. The van der Waals surface area contributed by atoms with Crippen molar-refractivity contribution in [2.75, 3.05) is 13.1 Å². The maximum absolute atomic E-state index is 13.1. The van der Waals surface area contributed by atoms with E-state index >= 15 is 0 Å². The van der Waals surface area contributed by atoms with E-state index in [-0.39, 0.29) is 23.3 Å². The third kappa shape index (κ3) is 4.41. The van der Waals surface area contributed by atoms with E-state index in [0.29, 0.717) is 41.5 Å². The first kappa shape index (κ1) is 23.2. The van der Waals surface area contributed by atoms with E-state index in [2.05, 4.69) is 16.9 Å². The Morgan fingerprint density at radius 3 is 2.33 bits per heavy atom. The smallest absolute Gasteiger partial charge is 0.298 e. The molecule has 2 aromatic carbocycles. The number of likely N-dealkylation sites (tertiary alicyclic amines) is 1. The molecule has 1 fully saturated rings. The predicted octanol–water partition coefficient (Wildman–Crippen LogP) is 4.09. The number of nitrogens with one attached hydrogen (secondary N) is 1. The highest BCUT2D eigenvalue weighted by Gasteiger charge is 2.28. The third-order valence-corrected chi connectivity index (χ3v) is 6.35. The molecule has 0 spiro atoms. The summed E-state index contributed by atoms with van der Waals surface area (Å²) in [7, 11) is 0. The number of aromatic nitrogens is 3. The van der Waals surface area contributed by atoms with E-state index in [1.165, 1.54) is 12.1 Å². The van der Waals surface area contributed by atoms with Gasteiger partial charge in [-0.05, 0) is 80.1 Å². The molecule has 1 aliphatic rings. The van der Waals surface area contributed by atoms with E-state index in [1.807, 2.05) is 6.20 Å².